The van der Waals surface area contributed by atoms with Gasteiger partial charge in [0.05, 0.1) is 11.6 Å². The molecule has 3 heterocycles. The van der Waals surface area contributed by atoms with E-state index < -0.39 is 5.97 Å². The minimum atomic E-state index is -0.590. The molecule has 0 spiro atoms. The lowest BCUT2D eigenvalue weighted by Crippen LogP contribution is -2.15. The zero-order chi connectivity index (χ0) is 18.0. The molecule has 0 amide bonds. The highest BCUT2D eigenvalue weighted by atomic mass is 32.1. The SMILES string of the molecule is CC[C@H](C)Cc1c(C)sc2nc(COC(=O)c3ccco3)[nH]c(=O)c12. The quantitative estimate of drug-likeness (QED) is 0.675. The Morgan fingerprint density at radius 3 is 2.96 bits per heavy atom. The molecule has 6 nitrogen and oxygen atoms in total. The van der Waals surface area contributed by atoms with E-state index in [1.807, 2.05) is 6.92 Å². The van der Waals surface area contributed by atoms with Gasteiger partial charge in [-0.25, -0.2) is 9.78 Å². The summed E-state index contributed by atoms with van der Waals surface area (Å²) in [4.78, 5) is 33.3. The van der Waals surface area contributed by atoms with Crippen molar-refractivity contribution in [1.29, 1.82) is 0 Å². The number of thiophene rings is 1. The number of nitrogens with zero attached hydrogens (tertiary/aromatic N) is 1. The van der Waals surface area contributed by atoms with E-state index in [0.717, 1.165) is 23.3 Å². The van der Waals surface area contributed by atoms with Gasteiger partial charge in [-0.1, -0.05) is 20.3 Å². The summed E-state index contributed by atoms with van der Waals surface area (Å²) in [6, 6.07) is 3.13. The second-order valence-electron chi connectivity index (χ2n) is 6.10. The Kier molecular flexibility index (Phi) is 5.03. The number of carbonyl (C=O) groups excluding carboxylic acids is 1. The monoisotopic (exact) mass is 360 g/mol. The van der Waals surface area contributed by atoms with Crippen LogP contribution in [0.4, 0.5) is 0 Å². The Balaban J connectivity index is 1.85. The van der Waals surface area contributed by atoms with E-state index in [2.05, 4.69) is 23.8 Å². The standard InChI is InChI=1S/C18H20N2O4S/c1-4-10(2)8-12-11(3)25-17-15(12)16(21)19-14(20-17)9-24-18(22)13-6-5-7-23-13/h5-7,10H,4,8-9H2,1-3H3,(H,19,20,21)/t10-/m0/s1. The first-order valence-corrected chi connectivity index (χ1v) is 9.03. The zero-order valence-electron chi connectivity index (χ0n) is 14.4. The van der Waals surface area contributed by atoms with E-state index in [4.69, 9.17) is 9.15 Å². The second-order valence-corrected chi connectivity index (χ2v) is 7.30. The highest BCUT2D eigenvalue weighted by Crippen LogP contribution is 2.29. The van der Waals surface area contributed by atoms with Crippen LogP contribution >= 0.6 is 11.3 Å². The summed E-state index contributed by atoms with van der Waals surface area (Å²) in [7, 11) is 0. The first-order chi connectivity index (χ1) is 12.0. The van der Waals surface area contributed by atoms with Gasteiger partial charge in [0, 0.05) is 4.88 Å². The molecule has 0 unspecified atom stereocenters. The molecule has 1 N–H and O–H groups in total. The van der Waals surface area contributed by atoms with Gasteiger partial charge in [-0.2, -0.15) is 0 Å². The number of fused-ring (bicyclic) bond motifs is 1. The Hall–Kier alpha value is -2.41. The molecule has 0 saturated carbocycles. The molecule has 3 rings (SSSR count). The summed E-state index contributed by atoms with van der Waals surface area (Å²) in [5.74, 6) is 0.359. The zero-order valence-corrected chi connectivity index (χ0v) is 15.2. The van der Waals surface area contributed by atoms with Crippen LogP contribution in [0.3, 0.4) is 0 Å². The van der Waals surface area contributed by atoms with Gasteiger partial charge in [0.25, 0.3) is 5.56 Å². The van der Waals surface area contributed by atoms with Crippen LogP contribution in [-0.2, 0) is 17.8 Å². The average Bonchev–Trinajstić information content (AvgIpc) is 3.21. The van der Waals surface area contributed by atoms with E-state index in [0.29, 0.717) is 22.0 Å². The topological polar surface area (TPSA) is 85.2 Å². The molecular weight excluding hydrogens is 340 g/mol. The van der Waals surface area contributed by atoms with Gasteiger partial charge in [-0.05, 0) is 37.0 Å². The van der Waals surface area contributed by atoms with Crippen LogP contribution in [0.25, 0.3) is 10.2 Å². The minimum absolute atomic E-state index is 0.109. The highest BCUT2D eigenvalue weighted by molar-refractivity contribution is 7.18. The molecule has 1 atom stereocenters. The van der Waals surface area contributed by atoms with Crippen molar-refractivity contribution in [3.63, 3.8) is 0 Å². The second kappa shape index (κ2) is 7.23. The molecule has 3 aromatic heterocycles. The normalized spacial score (nSPS) is 12.4. The van der Waals surface area contributed by atoms with Crippen LogP contribution in [0.5, 0.6) is 0 Å². The summed E-state index contributed by atoms with van der Waals surface area (Å²) in [6.07, 6.45) is 3.32. The Morgan fingerprint density at radius 2 is 2.28 bits per heavy atom. The minimum Gasteiger partial charge on any atom is -0.457 e. The lowest BCUT2D eigenvalue weighted by atomic mass is 9.98. The van der Waals surface area contributed by atoms with Crippen molar-refractivity contribution in [2.45, 2.75) is 40.2 Å². The molecule has 7 heteroatoms. The van der Waals surface area contributed by atoms with Gasteiger partial charge in [0.1, 0.15) is 17.3 Å². The number of hydrogen-bond acceptors (Lipinski definition) is 6. The molecule has 132 valence electrons. The highest BCUT2D eigenvalue weighted by Gasteiger charge is 2.17. The molecule has 0 aliphatic carbocycles. The molecule has 0 radical (unpaired) electrons. The van der Waals surface area contributed by atoms with Crippen LogP contribution in [0.1, 0.15) is 47.1 Å². The smallest absolute Gasteiger partial charge is 0.374 e. The third-order valence-electron chi connectivity index (χ3n) is 4.22. The lowest BCUT2D eigenvalue weighted by Gasteiger charge is -2.08. The van der Waals surface area contributed by atoms with Crippen molar-refractivity contribution in [3.8, 4) is 0 Å². The van der Waals surface area contributed by atoms with Crippen molar-refractivity contribution >= 4 is 27.5 Å². The molecule has 0 aliphatic rings. The number of rotatable bonds is 6. The molecule has 3 aromatic rings. The van der Waals surface area contributed by atoms with Gasteiger partial charge in [0.2, 0.25) is 5.76 Å². The number of furan rings is 1. The summed E-state index contributed by atoms with van der Waals surface area (Å²) in [6.45, 7) is 6.22. The van der Waals surface area contributed by atoms with Crippen LogP contribution in [0.15, 0.2) is 27.6 Å². The van der Waals surface area contributed by atoms with Crippen molar-refractivity contribution in [1.82, 2.24) is 9.97 Å². The predicted molar refractivity (Wildman–Crippen MR) is 96.0 cm³/mol. The summed E-state index contributed by atoms with van der Waals surface area (Å²) < 4.78 is 10.1. The van der Waals surface area contributed by atoms with E-state index in [1.165, 1.54) is 23.7 Å². The molecular formula is C18H20N2O4S. The first-order valence-electron chi connectivity index (χ1n) is 8.21. The first kappa shape index (κ1) is 17.4. The van der Waals surface area contributed by atoms with Crippen LogP contribution in [0, 0.1) is 12.8 Å². The summed E-state index contributed by atoms with van der Waals surface area (Å²) in [5, 5.41) is 0.656. The number of aromatic amines is 1. The van der Waals surface area contributed by atoms with E-state index >= 15 is 0 Å². The van der Waals surface area contributed by atoms with Gasteiger partial charge >= 0.3 is 5.97 Å². The number of carbonyl (C=O) groups is 1. The van der Waals surface area contributed by atoms with E-state index in [1.54, 1.807) is 6.07 Å². The maximum Gasteiger partial charge on any atom is 0.374 e. The van der Waals surface area contributed by atoms with Crippen molar-refractivity contribution in [3.05, 3.63) is 50.8 Å². The van der Waals surface area contributed by atoms with Gasteiger partial charge in [-0.15, -0.1) is 11.3 Å². The van der Waals surface area contributed by atoms with Crippen molar-refractivity contribution in [2.75, 3.05) is 0 Å². The molecule has 0 fully saturated rings. The van der Waals surface area contributed by atoms with Crippen molar-refractivity contribution < 1.29 is 13.9 Å². The number of nitrogens with one attached hydrogen (secondary N) is 1. The number of hydrogen-bond donors (Lipinski definition) is 1. The molecule has 25 heavy (non-hydrogen) atoms. The predicted octanol–water partition coefficient (Wildman–Crippen LogP) is 3.83. The number of ether oxygens (including phenoxy) is 1. The molecule has 0 saturated heterocycles. The third-order valence-corrected chi connectivity index (χ3v) is 5.26. The van der Waals surface area contributed by atoms with Crippen LogP contribution < -0.4 is 5.56 Å². The van der Waals surface area contributed by atoms with Crippen LogP contribution in [0.2, 0.25) is 0 Å². The fourth-order valence-corrected chi connectivity index (χ4v) is 3.70. The van der Waals surface area contributed by atoms with E-state index in [9.17, 15) is 9.59 Å². The molecule has 0 bridgehead atoms. The summed E-state index contributed by atoms with van der Waals surface area (Å²) in [5.41, 5.74) is 0.888. The number of aromatic nitrogens is 2. The fraction of sp³-hybridized carbons (Fsp3) is 0.389. The number of H-pyrrole nitrogens is 1. The number of aryl methyl sites for hydroxylation is 1. The Morgan fingerprint density at radius 1 is 1.48 bits per heavy atom. The lowest BCUT2D eigenvalue weighted by molar-refractivity contribution is 0.0426. The van der Waals surface area contributed by atoms with E-state index in [-0.39, 0.29) is 17.9 Å². The maximum atomic E-state index is 12.5. The third kappa shape index (κ3) is 3.66. The van der Waals surface area contributed by atoms with Gasteiger partial charge in [0.15, 0.2) is 0 Å². The largest absolute Gasteiger partial charge is 0.457 e. The van der Waals surface area contributed by atoms with Gasteiger partial charge < -0.3 is 14.1 Å². The van der Waals surface area contributed by atoms with Gasteiger partial charge in [-0.3, -0.25) is 4.79 Å². The average molecular weight is 360 g/mol. The Bertz CT molecular complexity index is 940. The molecule has 0 aliphatic heterocycles. The van der Waals surface area contributed by atoms with Crippen molar-refractivity contribution in [2.24, 2.45) is 5.92 Å². The van der Waals surface area contributed by atoms with Crippen LogP contribution in [-0.4, -0.2) is 15.9 Å². The summed E-state index contributed by atoms with van der Waals surface area (Å²) >= 11 is 1.50. The fourth-order valence-electron chi connectivity index (χ4n) is 2.63. The Labute approximate surface area is 148 Å². The molecule has 0 aromatic carbocycles. The maximum absolute atomic E-state index is 12.5. The number of esters is 1.